The number of aromatic nitrogens is 2. The highest BCUT2D eigenvalue weighted by molar-refractivity contribution is 6.13. The van der Waals surface area contributed by atoms with Crippen molar-refractivity contribution in [2.24, 2.45) is 4.99 Å². The Balaban J connectivity index is 1.52. The number of benzene rings is 2. The van der Waals surface area contributed by atoms with Gasteiger partial charge < -0.3 is 14.4 Å². The molecule has 7 nitrogen and oxygen atoms in total. The number of nitrogens with zero attached hydrogens (tertiary/aromatic N) is 4. The van der Waals surface area contributed by atoms with Crippen LogP contribution in [-0.4, -0.2) is 40.8 Å². The molecule has 1 fully saturated rings. The van der Waals surface area contributed by atoms with E-state index in [1.54, 1.807) is 6.08 Å². The first-order valence-corrected chi connectivity index (χ1v) is 11.7. The largest absolute Gasteiger partial charge is 0.491 e. The van der Waals surface area contributed by atoms with E-state index in [1.807, 2.05) is 80.1 Å². The number of esters is 1. The topological polar surface area (TPSA) is 69.0 Å². The van der Waals surface area contributed by atoms with Gasteiger partial charge in [0.05, 0.1) is 17.5 Å². The second kappa shape index (κ2) is 9.17. The number of carbonyl (C=O) groups excluding carboxylic acids is 1. The van der Waals surface area contributed by atoms with Crippen molar-refractivity contribution < 1.29 is 14.3 Å². The van der Waals surface area contributed by atoms with Gasteiger partial charge in [0.15, 0.2) is 5.70 Å². The molecule has 0 aliphatic carbocycles. The summed E-state index contributed by atoms with van der Waals surface area (Å²) in [7, 11) is 0. The van der Waals surface area contributed by atoms with E-state index in [2.05, 4.69) is 9.89 Å². The predicted molar refractivity (Wildman–Crippen MR) is 133 cm³/mol. The Morgan fingerprint density at radius 2 is 1.74 bits per heavy atom. The van der Waals surface area contributed by atoms with E-state index in [1.165, 1.54) is 0 Å². The Morgan fingerprint density at radius 1 is 1.03 bits per heavy atom. The van der Waals surface area contributed by atoms with Crippen LogP contribution in [0.2, 0.25) is 0 Å². The van der Waals surface area contributed by atoms with E-state index in [4.69, 9.17) is 14.6 Å². The molecule has 3 aromatic rings. The summed E-state index contributed by atoms with van der Waals surface area (Å²) in [6.07, 6.45) is 4.17. The number of cyclic esters (lactones) is 1. The van der Waals surface area contributed by atoms with Crippen LogP contribution >= 0.6 is 0 Å². The number of hydrogen-bond donors (Lipinski definition) is 0. The van der Waals surface area contributed by atoms with Crippen LogP contribution in [0.15, 0.2) is 65.3 Å². The minimum atomic E-state index is -0.461. The molecule has 5 rings (SSSR count). The normalized spacial score (nSPS) is 16.9. The second-order valence-electron chi connectivity index (χ2n) is 8.79. The fraction of sp³-hybridized carbons (Fsp3) is 0.296. The van der Waals surface area contributed by atoms with Gasteiger partial charge in [0.1, 0.15) is 11.6 Å². The van der Waals surface area contributed by atoms with Crippen molar-refractivity contribution >= 4 is 23.8 Å². The first kappa shape index (κ1) is 21.9. The number of ether oxygens (including phenoxy) is 2. The maximum absolute atomic E-state index is 12.7. The molecular formula is C27H28N4O3. The SMILES string of the molecule is Cc1nn(-c2ccccc2)c(N2CCCC2)c1C=C1N=C(c2ccc(OC(C)C)cc2)OC1=O. The van der Waals surface area contributed by atoms with Gasteiger partial charge in [0, 0.05) is 24.2 Å². The Labute approximate surface area is 199 Å². The zero-order chi connectivity index (χ0) is 23.7. The third-order valence-electron chi connectivity index (χ3n) is 5.86. The third kappa shape index (κ3) is 4.33. The highest BCUT2D eigenvalue weighted by atomic mass is 16.6. The van der Waals surface area contributed by atoms with Gasteiger partial charge in [0.2, 0.25) is 5.90 Å². The van der Waals surface area contributed by atoms with E-state index in [9.17, 15) is 4.79 Å². The summed E-state index contributed by atoms with van der Waals surface area (Å²) in [6.45, 7) is 7.83. The number of para-hydroxylation sites is 1. The highest BCUT2D eigenvalue weighted by Gasteiger charge is 2.28. The van der Waals surface area contributed by atoms with Crippen molar-refractivity contribution in [3.05, 3.63) is 77.1 Å². The molecule has 174 valence electrons. The molecule has 2 aliphatic rings. The zero-order valence-electron chi connectivity index (χ0n) is 19.7. The van der Waals surface area contributed by atoms with Crippen LogP contribution in [0.25, 0.3) is 11.8 Å². The average molecular weight is 457 g/mol. The lowest BCUT2D eigenvalue weighted by Crippen LogP contribution is -2.22. The molecule has 0 amide bonds. The highest BCUT2D eigenvalue weighted by Crippen LogP contribution is 2.33. The van der Waals surface area contributed by atoms with Gasteiger partial charge in [-0.1, -0.05) is 18.2 Å². The number of anilines is 1. The lowest BCUT2D eigenvalue weighted by Gasteiger charge is -2.20. The summed E-state index contributed by atoms with van der Waals surface area (Å²) in [5.74, 6) is 1.58. The van der Waals surface area contributed by atoms with Gasteiger partial charge >= 0.3 is 5.97 Å². The number of aryl methyl sites for hydroxylation is 1. The van der Waals surface area contributed by atoms with Gasteiger partial charge in [-0.25, -0.2) is 14.5 Å². The molecule has 3 heterocycles. The van der Waals surface area contributed by atoms with Gasteiger partial charge in [-0.15, -0.1) is 0 Å². The first-order valence-electron chi connectivity index (χ1n) is 11.7. The van der Waals surface area contributed by atoms with Crippen molar-refractivity contribution in [1.29, 1.82) is 0 Å². The molecule has 1 saturated heterocycles. The summed E-state index contributed by atoms with van der Waals surface area (Å²) in [5.41, 5.74) is 3.71. The average Bonchev–Trinajstić information content (AvgIpc) is 3.55. The zero-order valence-corrected chi connectivity index (χ0v) is 19.7. The Hall–Kier alpha value is -3.87. The lowest BCUT2D eigenvalue weighted by atomic mass is 10.2. The van der Waals surface area contributed by atoms with Crippen LogP contribution in [-0.2, 0) is 9.53 Å². The standard InChI is InChI=1S/C27H28N4O3/c1-18(2)33-22-13-11-20(12-14-22)25-28-24(27(32)34-25)17-23-19(3)29-31(21-9-5-4-6-10-21)26(23)30-15-7-8-16-30/h4-6,9-14,17-18H,7-8,15-16H2,1-3H3. The maximum atomic E-state index is 12.7. The Kier molecular flexibility index (Phi) is 5.92. The van der Waals surface area contributed by atoms with E-state index in [-0.39, 0.29) is 11.8 Å². The Bertz CT molecular complexity index is 1250. The Morgan fingerprint density at radius 3 is 2.41 bits per heavy atom. The summed E-state index contributed by atoms with van der Waals surface area (Å²) in [5, 5.41) is 4.82. The molecule has 0 radical (unpaired) electrons. The van der Waals surface area contributed by atoms with Crippen LogP contribution in [0.4, 0.5) is 5.82 Å². The van der Waals surface area contributed by atoms with Crippen molar-refractivity contribution in [1.82, 2.24) is 9.78 Å². The minimum Gasteiger partial charge on any atom is -0.491 e. The maximum Gasteiger partial charge on any atom is 0.363 e. The molecule has 0 bridgehead atoms. The van der Waals surface area contributed by atoms with Crippen LogP contribution in [0.1, 0.15) is 43.5 Å². The molecule has 0 saturated carbocycles. The summed E-state index contributed by atoms with van der Waals surface area (Å²) < 4.78 is 13.2. The van der Waals surface area contributed by atoms with E-state index < -0.39 is 5.97 Å². The third-order valence-corrected chi connectivity index (χ3v) is 5.86. The van der Waals surface area contributed by atoms with E-state index in [0.717, 1.165) is 60.0 Å². The van der Waals surface area contributed by atoms with Crippen LogP contribution in [0, 0.1) is 6.92 Å². The van der Waals surface area contributed by atoms with Crippen molar-refractivity contribution in [3.8, 4) is 11.4 Å². The first-order chi connectivity index (χ1) is 16.5. The molecule has 1 aromatic heterocycles. The molecule has 0 N–H and O–H groups in total. The van der Waals surface area contributed by atoms with Crippen molar-refractivity contribution in [3.63, 3.8) is 0 Å². The van der Waals surface area contributed by atoms with E-state index >= 15 is 0 Å². The quantitative estimate of drug-likeness (QED) is 0.389. The molecule has 34 heavy (non-hydrogen) atoms. The summed E-state index contributed by atoms with van der Waals surface area (Å²) in [6, 6.07) is 17.5. The van der Waals surface area contributed by atoms with Crippen molar-refractivity contribution in [2.75, 3.05) is 18.0 Å². The monoisotopic (exact) mass is 456 g/mol. The fourth-order valence-electron chi connectivity index (χ4n) is 4.30. The molecular weight excluding hydrogens is 428 g/mol. The van der Waals surface area contributed by atoms with Crippen LogP contribution < -0.4 is 9.64 Å². The van der Waals surface area contributed by atoms with Gasteiger partial charge in [-0.05, 0) is 76.1 Å². The minimum absolute atomic E-state index is 0.0897. The van der Waals surface area contributed by atoms with Crippen LogP contribution in [0.5, 0.6) is 5.75 Å². The summed E-state index contributed by atoms with van der Waals surface area (Å²) >= 11 is 0. The van der Waals surface area contributed by atoms with Crippen LogP contribution in [0.3, 0.4) is 0 Å². The molecule has 0 spiro atoms. The van der Waals surface area contributed by atoms with Gasteiger partial charge in [0.25, 0.3) is 0 Å². The molecule has 0 unspecified atom stereocenters. The molecule has 0 atom stereocenters. The predicted octanol–water partition coefficient (Wildman–Crippen LogP) is 4.91. The number of aliphatic imine (C=N–C) groups is 1. The smallest absolute Gasteiger partial charge is 0.363 e. The lowest BCUT2D eigenvalue weighted by molar-refractivity contribution is -0.129. The number of carbonyl (C=O) groups is 1. The fourth-order valence-corrected chi connectivity index (χ4v) is 4.30. The van der Waals surface area contributed by atoms with E-state index in [0.29, 0.717) is 5.90 Å². The number of rotatable bonds is 6. The van der Waals surface area contributed by atoms with Gasteiger partial charge in [-0.2, -0.15) is 5.10 Å². The van der Waals surface area contributed by atoms with Crippen molar-refractivity contribution in [2.45, 2.75) is 39.7 Å². The molecule has 2 aromatic carbocycles. The van der Waals surface area contributed by atoms with Gasteiger partial charge in [-0.3, -0.25) is 0 Å². The number of hydrogen-bond acceptors (Lipinski definition) is 6. The molecule has 2 aliphatic heterocycles. The second-order valence-corrected chi connectivity index (χ2v) is 8.79. The summed E-state index contributed by atoms with van der Waals surface area (Å²) in [4.78, 5) is 19.6. The molecule has 7 heteroatoms.